The maximum atomic E-state index is 8.75. The van der Waals surface area contributed by atoms with E-state index in [0.29, 0.717) is 12.5 Å². The zero-order chi connectivity index (χ0) is 14.2. The van der Waals surface area contributed by atoms with Crippen molar-refractivity contribution in [3.05, 3.63) is 60.7 Å². The first kappa shape index (κ1) is 25.8. The van der Waals surface area contributed by atoms with Gasteiger partial charge in [-0.05, 0) is 12.3 Å². The second-order valence-electron chi connectivity index (χ2n) is 4.52. The molecule has 0 heterocycles. The molecule has 1 atom stereocenters. The summed E-state index contributed by atoms with van der Waals surface area (Å²) in [5, 5.41) is 8.75. The van der Waals surface area contributed by atoms with Crippen LogP contribution in [0.3, 0.4) is 0 Å². The molecule has 1 nitrogen and oxygen atoms in total. The minimum absolute atomic E-state index is 0. The summed E-state index contributed by atoms with van der Waals surface area (Å²) >= 11 is 0. The third-order valence-electron chi connectivity index (χ3n) is 2.91. The quantitative estimate of drug-likeness (QED) is 0.520. The molecule has 1 unspecified atom stereocenters. The minimum Gasteiger partial charge on any atom is -1.00 e. The summed E-state index contributed by atoms with van der Waals surface area (Å²) in [6, 6.07) is 20.0. The van der Waals surface area contributed by atoms with Gasteiger partial charge in [-0.15, -0.1) is 0 Å². The van der Waals surface area contributed by atoms with Gasteiger partial charge in [0.15, 0.2) is 0 Å². The van der Waals surface area contributed by atoms with Gasteiger partial charge in [0.25, 0.3) is 0 Å². The molecule has 0 saturated carbocycles. The van der Waals surface area contributed by atoms with Gasteiger partial charge in [-0.3, -0.25) is 0 Å². The van der Waals surface area contributed by atoms with E-state index in [2.05, 4.69) is 13.8 Å². The summed E-state index contributed by atoms with van der Waals surface area (Å²) in [5.74, 6) is 0.560. The molecule has 2 aromatic rings. The molecule has 21 heavy (non-hydrogen) atoms. The van der Waals surface area contributed by atoms with E-state index >= 15 is 0 Å². The SMILES string of the molecule is CCCCC(CC)CO.[Cl-].[Hf].c1cc[cH-]c1.c1cc[cH-]c1. The average Bonchev–Trinajstić information content (AvgIpc) is 3.18. The van der Waals surface area contributed by atoms with E-state index in [1.807, 2.05) is 60.7 Å². The van der Waals surface area contributed by atoms with Crippen LogP contribution in [0.25, 0.3) is 0 Å². The Balaban J connectivity index is -0.000000232. The number of rotatable bonds is 5. The Bertz CT molecular complexity index is 254. The second kappa shape index (κ2) is 22.1. The van der Waals surface area contributed by atoms with E-state index in [1.165, 1.54) is 19.3 Å². The fourth-order valence-corrected chi connectivity index (χ4v) is 1.56. The topological polar surface area (TPSA) is 20.2 Å². The van der Waals surface area contributed by atoms with E-state index in [9.17, 15) is 0 Å². The van der Waals surface area contributed by atoms with Gasteiger partial charge >= 0.3 is 0 Å². The number of aliphatic hydroxyl groups excluding tert-OH is 1. The van der Waals surface area contributed by atoms with E-state index in [1.54, 1.807) is 0 Å². The molecule has 0 aliphatic heterocycles. The molecule has 120 valence electrons. The summed E-state index contributed by atoms with van der Waals surface area (Å²) in [7, 11) is 0. The first-order valence-corrected chi connectivity index (χ1v) is 7.29. The Morgan fingerprint density at radius 2 is 1.33 bits per heavy atom. The molecule has 0 spiro atoms. The van der Waals surface area contributed by atoms with E-state index in [0.717, 1.165) is 6.42 Å². The van der Waals surface area contributed by atoms with Crippen molar-refractivity contribution < 1.29 is 43.4 Å². The molecule has 0 aliphatic rings. The zero-order valence-electron chi connectivity index (χ0n) is 13.2. The van der Waals surface area contributed by atoms with Crippen molar-refractivity contribution in [2.24, 2.45) is 5.92 Å². The molecular weight excluding hydrogens is 446 g/mol. The van der Waals surface area contributed by atoms with Crippen molar-refractivity contribution >= 4 is 0 Å². The molecule has 0 bridgehead atoms. The Morgan fingerprint density at radius 3 is 1.52 bits per heavy atom. The molecule has 0 radical (unpaired) electrons. The summed E-state index contributed by atoms with van der Waals surface area (Å²) in [6.45, 7) is 4.69. The number of halogens is 1. The van der Waals surface area contributed by atoms with Gasteiger partial charge in [0.2, 0.25) is 0 Å². The maximum Gasteiger partial charge on any atom is 0.0459 e. The van der Waals surface area contributed by atoms with Gasteiger partial charge in [0, 0.05) is 32.5 Å². The third kappa shape index (κ3) is 19.8. The van der Waals surface area contributed by atoms with Crippen LogP contribution < -0.4 is 12.4 Å². The normalized spacial score (nSPS) is 9.67. The predicted octanol–water partition coefficient (Wildman–Crippen LogP) is 2.01. The molecule has 0 fully saturated rings. The van der Waals surface area contributed by atoms with Crippen LogP contribution in [0, 0.1) is 5.92 Å². The van der Waals surface area contributed by atoms with Crippen LogP contribution in [0.5, 0.6) is 0 Å². The third-order valence-corrected chi connectivity index (χ3v) is 2.91. The van der Waals surface area contributed by atoms with Gasteiger partial charge < -0.3 is 17.5 Å². The van der Waals surface area contributed by atoms with Crippen molar-refractivity contribution in [2.75, 3.05) is 6.61 Å². The number of hydrogen-bond acceptors (Lipinski definition) is 1. The van der Waals surface area contributed by atoms with Crippen LogP contribution in [-0.4, -0.2) is 11.7 Å². The van der Waals surface area contributed by atoms with Crippen molar-refractivity contribution in [3.8, 4) is 0 Å². The molecule has 0 aromatic heterocycles. The van der Waals surface area contributed by atoms with E-state index < -0.39 is 0 Å². The van der Waals surface area contributed by atoms with E-state index in [4.69, 9.17) is 5.11 Å². The first-order valence-electron chi connectivity index (χ1n) is 7.29. The number of unbranched alkanes of at least 4 members (excludes halogenated alkanes) is 1. The molecule has 1 N–H and O–H groups in total. The van der Waals surface area contributed by atoms with Crippen LogP contribution in [0.1, 0.15) is 39.5 Å². The fraction of sp³-hybridized carbons (Fsp3) is 0.444. The Kier molecular flexibility index (Phi) is 27.1. The monoisotopic (exact) mass is 475 g/mol. The van der Waals surface area contributed by atoms with Gasteiger partial charge in [-0.25, -0.2) is 24.3 Å². The number of hydrogen-bond donors (Lipinski definition) is 1. The van der Waals surface area contributed by atoms with Crippen molar-refractivity contribution in [3.63, 3.8) is 0 Å². The zero-order valence-corrected chi connectivity index (χ0v) is 17.6. The Morgan fingerprint density at radius 1 is 0.905 bits per heavy atom. The summed E-state index contributed by atoms with van der Waals surface area (Å²) in [4.78, 5) is 0. The van der Waals surface area contributed by atoms with Crippen LogP contribution >= 0.6 is 0 Å². The van der Waals surface area contributed by atoms with Crippen molar-refractivity contribution in [1.29, 1.82) is 0 Å². The van der Waals surface area contributed by atoms with E-state index in [-0.39, 0.29) is 38.3 Å². The van der Waals surface area contributed by atoms with Crippen LogP contribution in [0.4, 0.5) is 0 Å². The van der Waals surface area contributed by atoms with Gasteiger partial charge in [-0.2, -0.15) is 36.4 Å². The predicted molar refractivity (Wildman–Crippen MR) is 84.5 cm³/mol. The minimum atomic E-state index is 0. The van der Waals surface area contributed by atoms with Gasteiger partial charge in [0.05, 0.1) is 0 Å². The summed E-state index contributed by atoms with van der Waals surface area (Å²) < 4.78 is 0. The maximum absolute atomic E-state index is 8.75. The summed E-state index contributed by atoms with van der Waals surface area (Å²) in [5.41, 5.74) is 0. The molecule has 3 heteroatoms. The smallest absolute Gasteiger partial charge is 0.0459 e. The molecular formula is C18H28ClHfO-3. The van der Waals surface area contributed by atoms with Crippen molar-refractivity contribution in [2.45, 2.75) is 39.5 Å². The number of aliphatic hydroxyl groups is 1. The van der Waals surface area contributed by atoms with Gasteiger partial charge in [-0.1, -0.05) is 33.1 Å². The molecule has 0 saturated heterocycles. The standard InChI is InChI=1S/C8H18O.2C5H5.ClH.Hf/c1-3-5-6-8(4-2)7-9;2*1-2-4-5-3-1;;/h8-9H,3-7H2,1-2H3;2*1-5H;1H;/q;2*-1;;/p-1. The second-order valence-corrected chi connectivity index (χ2v) is 4.52. The van der Waals surface area contributed by atoms with Crippen LogP contribution in [0.2, 0.25) is 0 Å². The Labute approximate surface area is 155 Å². The summed E-state index contributed by atoms with van der Waals surface area (Å²) in [6.07, 6.45) is 4.83. The van der Waals surface area contributed by atoms with Crippen molar-refractivity contribution in [1.82, 2.24) is 0 Å². The first-order chi connectivity index (χ1) is 9.35. The molecule has 0 aliphatic carbocycles. The Hall–Kier alpha value is -0.180. The van der Waals surface area contributed by atoms with Crippen LogP contribution in [-0.2, 0) is 25.8 Å². The molecule has 2 aromatic carbocycles. The molecule has 0 amide bonds. The fourth-order valence-electron chi connectivity index (χ4n) is 1.56. The average molecular weight is 474 g/mol. The van der Waals surface area contributed by atoms with Crippen LogP contribution in [0.15, 0.2) is 60.7 Å². The molecule has 2 rings (SSSR count). The van der Waals surface area contributed by atoms with Gasteiger partial charge in [0.1, 0.15) is 0 Å². The largest absolute Gasteiger partial charge is 1.00 e.